The van der Waals surface area contributed by atoms with Crippen LogP contribution < -0.4 is 0 Å². The Balaban J connectivity index is 2.17. The van der Waals surface area contributed by atoms with Crippen molar-refractivity contribution in [2.24, 2.45) is 12.5 Å². The molecule has 1 aliphatic heterocycles. The smallest absolute Gasteiger partial charge is 0.290 e. The number of benzene rings is 1. The van der Waals surface area contributed by atoms with Crippen LogP contribution in [0.5, 0.6) is 0 Å². The SMILES string of the molecule is COCCCN1C(=O)C(O)=C(C(=O)C(C)(C)C)C1c1cn(C)c2ccccc12. The minimum Gasteiger partial charge on any atom is -0.503 e. The third-order valence-electron chi connectivity index (χ3n) is 5.20. The molecule has 2 aromatic rings. The highest BCUT2D eigenvalue weighted by Gasteiger charge is 2.46. The van der Waals surface area contributed by atoms with Gasteiger partial charge < -0.3 is 19.3 Å². The molecule has 1 aromatic heterocycles. The Hall–Kier alpha value is -2.60. The Morgan fingerprint density at radius 3 is 2.57 bits per heavy atom. The summed E-state index contributed by atoms with van der Waals surface area (Å²) in [6, 6.07) is 7.27. The summed E-state index contributed by atoms with van der Waals surface area (Å²) in [6.45, 7) is 6.29. The van der Waals surface area contributed by atoms with Crippen molar-refractivity contribution in [3.05, 3.63) is 47.4 Å². The van der Waals surface area contributed by atoms with Crippen molar-refractivity contribution in [1.29, 1.82) is 0 Å². The first-order chi connectivity index (χ1) is 13.2. The van der Waals surface area contributed by atoms with Gasteiger partial charge in [0.2, 0.25) is 0 Å². The number of carbonyl (C=O) groups excluding carboxylic acids is 2. The van der Waals surface area contributed by atoms with Gasteiger partial charge in [-0.15, -0.1) is 0 Å². The van der Waals surface area contributed by atoms with Gasteiger partial charge >= 0.3 is 0 Å². The van der Waals surface area contributed by atoms with E-state index >= 15 is 0 Å². The highest BCUT2D eigenvalue weighted by molar-refractivity contribution is 6.11. The van der Waals surface area contributed by atoms with E-state index in [0.717, 1.165) is 16.5 Å². The number of Topliss-reactive ketones (excluding diaryl/α,β-unsaturated/α-hetero) is 1. The molecule has 0 fully saturated rings. The Labute approximate surface area is 165 Å². The molecule has 6 nitrogen and oxygen atoms in total. The zero-order chi connectivity index (χ0) is 20.6. The van der Waals surface area contributed by atoms with Crippen LogP contribution in [-0.4, -0.2) is 46.5 Å². The second-order valence-corrected chi connectivity index (χ2v) is 8.30. The van der Waals surface area contributed by atoms with Crippen LogP contribution in [0.15, 0.2) is 41.8 Å². The van der Waals surface area contributed by atoms with Crippen LogP contribution in [-0.2, 0) is 21.4 Å². The van der Waals surface area contributed by atoms with Crippen LogP contribution in [0.4, 0.5) is 0 Å². The lowest BCUT2D eigenvalue weighted by Gasteiger charge is -2.28. The van der Waals surface area contributed by atoms with E-state index < -0.39 is 23.1 Å². The molecular weight excluding hydrogens is 356 g/mol. The summed E-state index contributed by atoms with van der Waals surface area (Å²) in [5, 5.41) is 11.6. The highest BCUT2D eigenvalue weighted by atomic mass is 16.5. The van der Waals surface area contributed by atoms with Gasteiger partial charge in [0.25, 0.3) is 5.91 Å². The van der Waals surface area contributed by atoms with E-state index in [1.165, 1.54) is 0 Å². The van der Waals surface area contributed by atoms with Gasteiger partial charge in [0.05, 0.1) is 11.6 Å². The molecule has 0 bridgehead atoms. The molecule has 0 radical (unpaired) electrons. The largest absolute Gasteiger partial charge is 0.503 e. The normalized spacial score (nSPS) is 17.8. The molecule has 150 valence electrons. The number of amides is 1. The number of hydrogen-bond acceptors (Lipinski definition) is 4. The second-order valence-electron chi connectivity index (χ2n) is 8.30. The first-order valence-corrected chi connectivity index (χ1v) is 9.50. The lowest BCUT2D eigenvalue weighted by molar-refractivity contribution is -0.129. The topological polar surface area (TPSA) is 71.8 Å². The molecular formula is C22H28N2O4. The van der Waals surface area contributed by atoms with Crippen molar-refractivity contribution in [2.75, 3.05) is 20.3 Å². The highest BCUT2D eigenvalue weighted by Crippen LogP contribution is 2.43. The maximum absolute atomic E-state index is 13.2. The first-order valence-electron chi connectivity index (χ1n) is 9.50. The molecule has 1 N–H and O–H groups in total. The summed E-state index contributed by atoms with van der Waals surface area (Å²) in [4.78, 5) is 27.7. The first kappa shape index (κ1) is 20.1. The third kappa shape index (κ3) is 3.33. The summed E-state index contributed by atoms with van der Waals surface area (Å²) < 4.78 is 7.11. The summed E-state index contributed by atoms with van der Waals surface area (Å²) in [5.41, 5.74) is 1.33. The summed E-state index contributed by atoms with van der Waals surface area (Å²) >= 11 is 0. The minimum absolute atomic E-state index is 0.186. The maximum Gasteiger partial charge on any atom is 0.290 e. The van der Waals surface area contributed by atoms with Crippen molar-refractivity contribution >= 4 is 22.6 Å². The van der Waals surface area contributed by atoms with E-state index in [9.17, 15) is 14.7 Å². The van der Waals surface area contributed by atoms with E-state index in [-0.39, 0.29) is 11.4 Å². The number of carbonyl (C=O) groups is 2. The molecule has 1 aliphatic rings. The van der Waals surface area contributed by atoms with Gasteiger partial charge in [0, 0.05) is 55.4 Å². The number of aromatic nitrogens is 1. The number of methoxy groups -OCH3 is 1. The lowest BCUT2D eigenvalue weighted by atomic mass is 9.82. The lowest BCUT2D eigenvalue weighted by Crippen LogP contribution is -2.34. The summed E-state index contributed by atoms with van der Waals surface area (Å²) in [7, 11) is 3.55. The van der Waals surface area contributed by atoms with E-state index in [4.69, 9.17) is 4.74 Å². The maximum atomic E-state index is 13.2. The predicted octanol–water partition coefficient (Wildman–Crippen LogP) is 3.53. The Kier molecular flexibility index (Phi) is 5.35. The second kappa shape index (κ2) is 7.43. The van der Waals surface area contributed by atoms with Crippen LogP contribution in [0.3, 0.4) is 0 Å². The Bertz CT molecular complexity index is 949. The molecule has 28 heavy (non-hydrogen) atoms. The number of ketones is 1. The van der Waals surface area contributed by atoms with Gasteiger partial charge in [-0.3, -0.25) is 9.59 Å². The molecule has 3 rings (SSSR count). The van der Waals surface area contributed by atoms with Crippen molar-refractivity contribution < 1.29 is 19.4 Å². The predicted molar refractivity (Wildman–Crippen MR) is 108 cm³/mol. The fraction of sp³-hybridized carbons (Fsp3) is 0.455. The van der Waals surface area contributed by atoms with Gasteiger partial charge in [-0.25, -0.2) is 0 Å². The average molecular weight is 384 g/mol. The Morgan fingerprint density at radius 1 is 1.25 bits per heavy atom. The van der Waals surface area contributed by atoms with Crippen LogP contribution in [0.1, 0.15) is 38.8 Å². The van der Waals surface area contributed by atoms with Crippen LogP contribution in [0.25, 0.3) is 10.9 Å². The van der Waals surface area contributed by atoms with Gasteiger partial charge in [0.15, 0.2) is 11.5 Å². The number of aliphatic hydroxyl groups excluding tert-OH is 1. The molecule has 6 heteroatoms. The molecule has 1 unspecified atom stereocenters. The van der Waals surface area contributed by atoms with Gasteiger partial charge in [0.1, 0.15) is 0 Å². The summed E-state index contributed by atoms with van der Waals surface area (Å²) in [6.07, 6.45) is 2.56. The average Bonchev–Trinajstić information content (AvgIpc) is 3.10. The molecule has 1 aromatic carbocycles. The summed E-state index contributed by atoms with van der Waals surface area (Å²) in [5.74, 6) is -1.15. The van der Waals surface area contributed by atoms with Crippen LogP contribution in [0, 0.1) is 5.41 Å². The molecule has 2 heterocycles. The zero-order valence-electron chi connectivity index (χ0n) is 17.2. The fourth-order valence-corrected chi connectivity index (χ4v) is 3.81. The zero-order valence-corrected chi connectivity index (χ0v) is 17.2. The monoisotopic (exact) mass is 384 g/mol. The van der Waals surface area contributed by atoms with E-state index in [1.807, 2.05) is 42.1 Å². The number of hydrogen-bond donors (Lipinski definition) is 1. The number of para-hydroxylation sites is 1. The number of aryl methyl sites for hydroxylation is 1. The third-order valence-corrected chi connectivity index (χ3v) is 5.20. The molecule has 0 spiro atoms. The van der Waals surface area contributed by atoms with Gasteiger partial charge in [-0.1, -0.05) is 39.0 Å². The quantitative estimate of drug-likeness (QED) is 0.774. The molecule has 0 saturated heterocycles. The number of rotatable bonds is 6. The molecule has 0 aliphatic carbocycles. The number of nitrogens with zero attached hydrogens (tertiary/aromatic N) is 2. The fourth-order valence-electron chi connectivity index (χ4n) is 3.81. The van der Waals surface area contributed by atoms with E-state index in [2.05, 4.69) is 0 Å². The van der Waals surface area contributed by atoms with Crippen molar-refractivity contribution in [1.82, 2.24) is 9.47 Å². The van der Waals surface area contributed by atoms with Crippen molar-refractivity contribution in [2.45, 2.75) is 33.2 Å². The Morgan fingerprint density at radius 2 is 1.93 bits per heavy atom. The number of ether oxygens (including phenoxy) is 1. The number of fused-ring (bicyclic) bond motifs is 1. The molecule has 1 atom stereocenters. The minimum atomic E-state index is -0.713. The van der Waals surface area contributed by atoms with Crippen molar-refractivity contribution in [3.8, 4) is 0 Å². The van der Waals surface area contributed by atoms with Crippen LogP contribution >= 0.6 is 0 Å². The van der Waals surface area contributed by atoms with Gasteiger partial charge in [-0.2, -0.15) is 0 Å². The van der Waals surface area contributed by atoms with E-state index in [1.54, 1.807) is 32.8 Å². The van der Waals surface area contributed by atoms with Gasteiger partial charge in [-0.05, 0) is 12.5 Å². The van der Waals surface area contributed by atoms with Crippen LogP contribution in [0.2, 0.25) is 0 Å². The number of aliphatic hydroxyl groups is 1. The standard InChI is InChI=1S/C22H28N2O4/c1-22(2,3)20(26)17-18(24(11-8-12-28-5)21(27)19(17)25)15-13-23(4)16-10-7-6-9-14(15)16/h6-7,9-10,13,18,25H,8,11-12H2,1-5H3. The molecule has 1 amide bonds. The molecule has 0 saturated carbocycles. The van der Waals surface area contributed by atoms with Crippen molar-refractivity contribution in [3.63, 3.8) is 0 Å². The van der Waals surface area contributed by atoms with E-state index in [0.29, 0.717) is 19.6 Å².